The van der Waals surface area contributed by atoms with E-state index in [0.29, 0.717) is 6.04 Å². The number of halogens is 1. The Morgan fingerprint density at radius 2 is 1.44 bits per heavy atom. The summed E-state index contributed by atoms with van der Waals surface area (Å²) in [7, 11) is 6.70. The van der Waals surface area contributed by atoms with Crippen molar-refractivity contribution >= 4 is 12.4 Å². The Bertz CT molecular complexity index is 893. The molecule has 0 aliphatic carbocycles. The third-order valence-corrected chi connectivity index (χ3v) is 6.65. The zero-order chi connectivity index (χ0) is 23.6. The van der Waals surface area contributed by atoms with E-state index in [9.17, 15) is 0 Å². The van der Waals surface area contributed by atoms with Crippen LogP contribution in [-0.2, 0) is 6.42 Å². The number of nitrogens with one attached hydrogen (secondary N) is 1. The second kappa shape index (κ2) is 14.3. The van der Waals surface area contributed by atoms with Gasteiger partial charge in [-0.15, -0.1) is 12.4 Å². The number of methoxy groups -OCH3 is 4. The van der Waals surface area contributed by atoms with Crippen LogP contribution in [-0.4, -0.2) is 35.0 Å². The van der Waals surface area contributed by atoms with Crippen LogP contribution in [0.4, 0.5) is 0 Å². The van der Waals surface area contributed by atoms with E-state index in [4.69, 9.17) is 24.7 Å². The molecule has 1 aliphatic heterocycles. The van der Waals surface area contributed by atoms with Crippen LogP contribution in [0.15, 0.2) is 30.3 Å². The number of ether oxygens (including phenoxy) is 4. The Balaban J connectivity index is 0.00000408. The van der Waals surface area contributed by atoms with Crippen LogP contribution in [0.3, 0.4) is 0 Å². The molecule has 0 spiro atoms. The number of unbranched alkanes of at least 4 members (excludes halogenated alkanes) is 4. The maximum absolute atomic E-state index is 6.41. The van der Waals surface area contributed by atoms with Gasteiger partial charge in [0.15, 0.2) is 23.0 Å². The van der Waals surface area contributed by atoms with Gasteiger partial charge >= 0.3 is 0 Å². The van der Waals surface area contributed by atoms with E-state index in [-0.39, 0.29) is 18.4 Å². The first kappa shape index (κ1) is 28.1. The van der Waals surface area contributed by atoms with Crippen LogP contribution in [0.5, 0.6) is 23.0 Å². The summed E-state index contributed by atoms with van der Waals surface area (Å²) < 4.78 is 21.7. The van der Waals surface area contributed by atoms with Gasteiger partial charge in [-0.1, -0.05) is 38.2 Å². The van der Waals surface area contributed by atoms with Gasteiger partial charge in [-0.2, -0.15) is 0 Å². The lowest BCUT2D eigenvalue weighted by Crippen LogP contribution is -2.29. The first-order chi connectivity index (χ1) is 16.1. The molecule has 3 N–H and O–H groups in total. The lowest BCUT2D eigenvalue weighted by atomic mass is 9.90. The first-order valence-corrected chi connectivity index (χ1v) is 12.1. The van der Waals surface area contributed by atoms with E-state index in [1.807, 2.05) is 18.2 Å². The standard InChI is InChI=1S/C27H40N2O4.ClH/c1-30-24-13-12-20(17-25(24)31-2)22(28)10-8-6-5-7-9-11-23-21-18-27(33-4)26(32-3)16-19(21)14-15-29-23;/h12-13,16-18,22-23,29H,5-11,14-15,28H2,1-4H3;1H. The predicted molar refractivity (Wildman–Crippen MR) is 140 cm³/mol. The number of nitrogens with two attached hydrogens (primary N) is 1. The minimum Gasteiger partial charge on any atom is -0.493 e. The van der Waals surface area contributed by atoms with Crippen LogP contribution in [0.1, 0.15) is 73.7 Å². The Hall–Kier alpha value is -2.15. The van der Waals surface area contributed by atoms with E-state index < -0.39 is 0 Å². The lowest BCUT2D eigenvalue weighted by molar-refractivity contribution is 0.351. The Kier molecular flexibility index (Phi) is 11.8. The molecule has 0 saturated carbocycles. The minimum absolute atomic E-state index is 0. The molecule has 2 unspecified atom stereocenters. The van der Waals surface area contributed by atoms with Crippen molar-refractivity contribution in [3.63, 3.8) is 0 Å². The van der Waals surface area contributed by atoms with Gasteiger partial charge in [-0.05, 0) is 66.8 Å². The van der Waals surface area contributed by atoms with Gasteiger partial charge in [0.25, 0.3) is 0 Å². The van der Waals surface area contributed by atoms with Gasteiger partial charge < -0.3 is 30.0 Å². The molecule has 6 nitrogen and oxygen atoms in total. The molecule has 2 aromatic rings. The van der Waals surface area contributed by atoms with Gasteiger partial charge in [0.05, 0.1) is 28.4 Å². The van der Waals surface area contributed by atoms with Crippen LogP contribution in [0.25, 0.3) is 0 Å². The summed E-state index contributed by atoms with van der Waals surface area (Å²) in [5.41, 5.74) is 10.2. The Morgan fingerprint density at radius 1 is 0.824 bits per heavy atom. The maximum atomic E-state index is 6.41. The van der Waals surface area contributed by atoms with Gasteiger partial charge in [0, 0.05) is 12.1 Å². The highest BCUT2D eigenvalue weighted by molar-refractivity contribution is 5.85. The van der Waals surface area contributed by atoms with Crippen molar-refractivity contribution < 1.29 is 18.9 Å². The maximum Gasteiger partial charge on any atom is 0.161 e. The summed E-state index contributed by atoms with van der Waals surface area (Å²) in [4.78, 5) is 0. The first-order valence-electron chi connectivity index (χ1n) is 12.1. The third-order valence-electron chi connectivity index (χ3n) is 6.65. The van der Waals surface area contributed by atoms with Crippen molar-refractivity contribution in [3.8, 4) is 23.0 Å². The van der Waals surface area contributed by atoms with Gasteiger partial charge in [0.1, 0.15) is 0 Å². The lowest BCUT2D eigenvalue weighted by Gasteiger charge is -2.28. The normalized spacial score (nSPS) is 15.6. The van der Waals surface area contributed by atoms with Crippen molar-refractivity contribution in [1.29, 1.82) is 0 Å². The SMILES string of the molecule is COc1ccc(C(N)CCCCCCCC2NCCc3cc(OC)c(OC)cc32)cc1OC.Cl. The summed E-state index contributed by atoms with van der Waals surface area (Å²) in [6, 6.07) is 10.7. The highest BCUT2D eigenvalue weighted by atomic mass is 35.5. The Morgan fingerprint density at radius 3 is 2.15 bits per heavy atom. The van der Waals surface area contributed by atoms with Gasteiger partial charge in [0.2, 0.25) is 0 Å². The average molecular weight is 493 g/mol. The average Bonchev–Trinajstić information content (AvgIpc) is 2.86. The molecule has 0 saturated heterocycles. The largest absolute Gasteiger partial charge is 0.493 e. The number of hydrogen-bond acceptors (Lipinski definition) is 6. The van der Waals surface area contributed by atoms with Gasteiger partial charge in [-0.25, -0.2) is 0 Å². The minimum atomic E-state index is 0. The van der Waals surface area contributed by atoms with E-state index >= 15 is 0 Å². The fourth-order valence-corrected chi connectivity index (χ4v) is 4.72. The smallest absolute Gasteiger partial charge is 0.161 e. The van der Waals surface area contributed by atoms with E-state index in [1.54, 1.807) is 28.4 Å². The second-order valence-electron chi connectivity index (χ2n) is 8.73. The fraction of sp³-hybridized carbons (Fsp3) is 0.556. The number of fused-ring (bicyclic) bond motifs is 1. The molecule has 0 fully saturated rings. The molecule has 2 aromatic carbocycles. The molecule has 7 heteroatoms. The molecular weight excluding hydrogens is 452 g/mol. The molecule has 3 rings (SSSR count). The highest BCUT2D eigenvalue weighted by Gasteiger charge is 2.22. The molecule has 0 radical (unpaired) electrons. The quantitative estimate of drug-likeness (QED) is 0.346. The molecule has 34 heavy (non-hydrogen) atoms. The highest BCUT2D eigenvalue weighted by Crippen LogP contribution is 2.37. The van der Waals surface area contributed by atoms with Crippen LogP contribution >= 0.6 is 12.4 Å². The molecule has 0 aromatic heterocycles. The summed E-state index contributed by atoms with van der Waals surface area (Å²) in [6.45, 7) is 1.02. The zero-order valence-corrected chi connectivity index (χ0v) is 21.8. The van der Waals surface area contributed by atoms with Crippen molar-refractivity contribution in [2.75, 3.05) is 35.0 Å². The molecule has 2 atom stereocenters. The van der Waals surface area contributed by atoms with Crippen molar-refractivity contribution in [2.45, 2.75) is 63.5 Å². The molecule has 0 amide bonds. The van der Waals surface area contributed by atoms with Crippen molar-refractivity contribution in [2.24, 2.45) is 5.73 Å². The van der Waals surface area contributed by atoms with Gasteiger partial charge in [-0.3, -0.25) is 0 Å². The van der Waals surface area contributed by atoms with Crippen LogP contribution < -0.4 is 30.0 Å². The summed E-state index contributed by atoms with van der Waals surface area (Å²) in [5.74, 6) is 3.11. The molecule has 1 heterocycles. The second-order valence-corrected chi connectivity index (χ2v) is 8.73. The topological polar surface area (TPSA) is 75.0 Å². The predicted octanol–water partition coefficient (Wildman–Crippen LogP) is 5.76. The third kappa shape index (κ3) is 7.17. The van der Waals surface area contributed by atoms with Crippen molar-refractivity contribution in [3.05, 3.63) is 47.0 Å². The molecular formula is C27H41ClN2O4. The van der Waals surface area contributed by atoms with Crippen LogP contribution in [0.2, 0.25) is 0 Å². The summed E-state index contributed by atoms with van der Waals surface area (Å²) in [6.07, 6.45) is 9.20. The van der Waals surface area contributed by atoms with E-state index in [2.05, 4.69) is 17.4 Å². The van der Waals surface area contributed by atoms with Crippen LogP contribution in [0, 0.1) is 0 Å². The number of hydrogen-bond donors (Lipinski definition) is 2. The summed E-state index contributed by atoms with van der Waals surface area (Å²) in [5, 5.41) is 3.68. The fourth-order valence-electron chi connectivity index (χ4n) is 4.72. The molecule has 190 valence electrons. The molecule has 1 aliphatic rings. The van der Waals surface area contributed by atoms with Crippen molar-refractivity contribution in [1.82, 2.24) is 5.32 Å². The number of rotatable bonds is 13. The monoisotopic (exact) mass is 492 g/mol. The Labute approximate surface area is 210 Å². The zero-order valence-electron chi connectivity index (χ0n) is 21.0. The summed E-state index contributed by atoms with van der Waals surface area (Å²) >= 11 is 0. The molecule has 0 bridgehead atoms. The van der Waals surface area contributed by atoms with E-state index in [1.165, 1.54) is 36.8 Å². The van der Waals surface area contributed by atoms with E-state index in [0.717, 1.165) is 60.8 Å². The number of benzene rings is 2.